The number of carbonyl (C=O) groups is 2. The third-order valence-corrected chi connectivity index (χ3v) is 3.52. The van der Waals surface area contributed by atoms with Crippen LogP contribution in [0.1, 0.15) is 21.5 Å². The number of nitrogens with zero attached hydrogens (tertiary/aromatic N) is 2. The summed E-state index contributed by atoms with van der Waals surface area (Å²) < 4.78 is 0. The van der Waals surface area contributed by atoms with Gasteiger partial charge in [-0.2, -0.15) is 0 Å². The molecule has 0 saturated carbocycles. The maximum absolute atomic E-state index is 12.5. The largest absolute Gasteiger partial charge is 0.336 e. The molecule has 0 aliphatic carbocycles. The molecule has 1 saturated heterocycles. The van der Waals surface area contributed by atoms with E-state index in [0.29, 0.717) is 26.2 Å². The van der Waals surface area contributed by atoms with Crippen LogP contribution in [-0.2, 0) is 4.79 Å². The van der Waals surface area contributed by atoms with Crippen LogP contribution < -0.4 is 0 Å². The summed E-state index contributed by atoms with van der Waals surface area (Å²) in [4.78, 5) is 27.5. The summed E-state index contributed by atoms with van der Waals surface area (Å²) >= 11 is 0. The number of carbonyl (C=O) groups excluding carboxylic acids is 2. The van der Waals surface area contributed by atoms with E-state index in [0.717, 1.165) is 16.7 Å². The molecule has 2 amide bonds. The highest BCUT2D eigenvalue weighted by Gasteiger charge is 2.23. The summed E-state index contributed by atoms with van der Waals surface area (Å²) in [6.07, 6.45) is 1.32. The van der Waals surface area contributed by atoms with Crippen LogP contribution in [0.5, 0.6) is 0 Å². The summed E-state index contributed by atoms with van der Waals surface area (Å²) in [5, 5.41) is 0. The molecule has 0 radical (unpaired) electrons. The molecule has 20 heavy (non-hydrogen) atoms. The number of hydrogen-bond acceptors (Lipinski definition) is 2. The van der Waals surface area contributed by atoms with E-state index in [2.05, 4.69) is 12.6 Å². The SMILES string of the molecule is C=CC(=O)N1CCN(C(=O)c2cc(C)cc(C)c2)CC1. The first kappa shape index (κ1) is 14.3. The van der Waals surface area contributed by atoms with E-state index in [-0.39, 0.29) is 11.8 Å². The smallest absolute Gasteiger partial charge is 0.253 e. The lowest BCUT2D eigenvalue weighted by molar-refractivity contribution is -0.127. The first-order valence-corrected chi connectivity index (χ1v) is 6.80. The highest BCUT2D eigenvalue weighted by atomic mass is 16.2. The van der Waals surface area contributed by atoms with Crippen molar-refractivity contribution in [1.82, 2.24) is 9.80 Å². The summed E-state index contributed by atoms with van der Waals surface area (Å²) in [6.45, 7) is 9.76. The Morgan fingerprint density at radius 3 is 2.00 bits per heavy atom. The van der Waals surface area contributed by atoms with Gasteiger partial charge in [0, 0.05) is 31.7 Å². The van der Waals surface area contributed by atoms with Gasteiger partial charge in [0.2, 0.25) is 5.91 Å². The normalized spacial score (nSPS) is 15.1. The molecule has 0 atom stereocenters. The molecular formula is C16H20N2O2. The van der Waals surface area contributed by atoms with Crippen molar-refractivity contribution in [3.8, 4) is 0 Å². The highest BCUT2D eigenvalue weighted by molar-refractivity contribution is 5.95. The zero-order chi connectivity index (χ0) is 14.7. The minimum atomic E-state index is -0.0662. The fourth-order valence-electron chi connectivity index (χ4n) is 2.54. The fourth-order valence-corrected chi connectivity index (χ4v) is 2.54. The van der Waals surface area contributed by atoms with E-state index in [4.69, 9.17) is 0 Å². The number of aryl methyl sites for hydroxylation is 2. The molecule has 0 N–H and O–H groups in total. The van der Waals surface area contributed by atoms with Crippen molar-refractivity contribution >= 4 is 11.8 Å². The van der Waals surface area contributed by atoms with Gasteiger partial charge in [-0.05, 0) is 32.1 Å². The van der Waals surface area contributed by atoms with Gasteiger partial charge in [0.15, 0.2) is 0 Å². The summed E-state index contributed by atoms with van der Waals surface area (Å²) in [5.41, 5.74) is 2.91. The zero-order valence-electron chi connectivity index (χ0n) is 12.1. The van der Waals surface area contributed by atoms with Gasteiger partial charge >= 0.3 is 0 Å². The second-order valence-corrected chi connectivity index (χ2v) is 5.20. The summed E-state index contributed by atoms with van der Waals surface area (Å²) in [6, 6.07) is 5.88. The van der Waals surface area contributed by atoms with E-state index in [9.17, 15) is 9.59 Å². The van der Waals surface area contributed by atoms with Gasteiger partial charge in [-0.15, -0.1) is 0 Å². The first-order valence-electron chi connectivity index (χ1n) is 6.80. The average molecular weight is 272 g/mol. The first-order chi connectivity index (χ1) is 9.51. The summed E-state index contributed by atoms with van der Waals surface area (Å²) in [5.74, 6) is -0.0222. The molecule has 0 spiro atoms. The fraction of sp³-hybridized carbons (Fsp3) is 0.375. The Hall–Kier alpha value is -2.10. The van der Waals surface area contributed by atoms with E-state index in [1.165, 1.54) is 6.08 Å². The molecule has 0 aromatic heterocycles. The maximum atomic E-state index is 12.5. The molecule has 106 valence electrons. The van der Waals surface area contributed by atoms with Crippen LogP contribution in [0, 0.1) is 13.8 Å². The van der Waals surface area contributed by atoms with E-state index in [1.807, 2.05) is 26.0 Å². The van der Waals surface area contributed by atoms with Crippen molar-refractivity contribution in [2.24, 2.45) is 0 Å². The lowest BCUT2D eigenvalue weighted by Crippen LogP contribution is -2.50. The Labute approximate surface area is 119 Å². The molecule has 1 heterocycles. The minimum absolute atomic E-state index is 0.0440. The topological polar surface area (TPSA) is 40.6 Å². The number of hydrogen-bond donors (Lipinski definition) is 0. The van der Waals surface area contributed by atoms with Crippen LogP contribution in [0.15, 0.2) is 30.9 Å². The lowest BCUT2D eigenvalue weighted by Gasteiger charge is -2.34. The van der Waals surface area contributed by atoms with E-state index in [1.54, 1.807) is 9.80 Å². The lowest BCUT2D eigenvalue weighted by atomic mass is 10.1. The Balaban J connectivity index is 2.05. The minimum Gasteiger partial charge on any atom is -0.336 e. The van der Waals surface area contributed by atoms with Crippen molar-refractivity contribution in [1.29, 1.82) is 0 Å². The van der Waals surface area contributed by atoms with Gasteiger partial charge < -0.3 is 9.80 Å². The Kier molecular flexibility index (Phi) is 4.23. The number of piperazine rings is 1. The highest BCUT2D eigenvalue weighted by Crippen LogP contribution is 2.13. The molecule has 1 fully saturated rings. The molecule has 4 heteroatoms. The molecule has 1 aromatic rings. The van der Waals surface area contributed by atoms with Crippen molar-refractivity contribution in [2.75, 3.05) is 26.2 Å². The predicted molar refractivity (Wildman–Crippen MR) is 78.6 cm³/mol. The number of rotatable bonds is 2. The van der Waals surface area contributed by atoms with Crippen molar-refractivity contribution in [3.05, 3.63) is 47.5 Å². The molecule has 2 rings (SSSR count). The van der Waals surface area contributed by atoms with E-state index < -0.39 is 0 Å². The molecule has 0 bridgehead atoms. The molecule has 1 aliphatic rings. The standard InChI is InChI=1S/C16H20N2O2/c1-4-15(19)17-5-7-18(8-6-17)16(20)14-10-12(2)9-13(3)11-14/h4,9-11H,1,5-8H2,2-3H3. The maximum Gasteiger partial charge on any atom is 0.253 e. The van der Waals surface area contributed by atoms with Crippen LogP contribution in [0.2, 0.25) is 0 Å². The average Bonchev–Trinajstić information content (AvgIpc) is 2.45. The van der Waals surface area contributed by atoms with Crippen LogP contribution in [0.3, 0.4) is 0 Å². The Morgan fingerprint density at radius 1 is 1.00 bits per heavy atom. The van der Waals surface area contributed by atoms with Gasteiger partial charge in [-0.25, -0.2) is 0 Å². The second kappa shape index (κ2) is 5.90. The quantitative estimate of drug-likeness (QED) is 0.770. The van der Waals surface area contributed by atoms with Gasteiger partial charge in [0.05, 0.1) is 0 Å². The van der Waals surface area contributed by atoms with Gasteiger partial charge in [0.25, 0.3) is 5.91 Å². The van der Waals surface area contributed by atoms with Crippen molar-refractivity contribution < 1.29 is 9.59 Å². The molecule has 0 unspecified atom stereocenters. The third-order valence-electron chi connectivity index (χ3n) is 3.52. The molecular weight excluding hydrogens is 252 g/mol. The van der Waals surface area contributed by atoms with Crippen molar-refractivity contribution in [3.63, 3.8) is 0 Å². The van der Waals surface area contributed by atoms with Gasteiger partial charge in [-0.1, -0.05) is 23.8 Å². The monoisotopic (exact) mass is 272 g/mol. The van der Waals surface area contributed by atoms with Gasteiger partial charge in [0.1, 0.15) is 0 Å². The molecule has 1 aromatic carbocycles. The number of benzene rings is 1. The van der Waals surface area contributed by atoms with Crippen molar-refractivity contribution in [2.45, 2.75) is 13.8 Å². The van der Waals surface area contributed by atoms with Crippen LogP contribution in [-0.4, -0.2) is 47.8 Å². The Morgan fingerprint density at radius 2 is 1.50 bits per heavy atom. The predicted octanol–water partition coefficient (Wildman–Crippen LogP) is 1.77. The zero-order valence-corrected chi connectivity index (χ0v) is 12.1. The number of amides is 2. The van der Waals surface area contributed by atoms with Crippen LogP contribution in [0.4, 0.5) is 0 Å². The Bertz CT molecular complexity index is 523. The second-order valence-electron chi connectivity index (χ2n) is 5.20. The van der Waals surface area contributed by atoms with Gasteiger partial charge in [-0.3, -0.25) is 9.59 Å². The molecule has 4 nitrogen and oxygen atoms in total. The molecule has 1 aliphatic heterocycles. The van der Waals surface area contributed by atoms with Crippen LogP contribution >= 0.6 is 0 Å². The van der Waals surface area contributed by atoms with Crippen LogP contribution in [0.25, 0.3) is 0 Å². The van der Waals surface area contributed by atoms with E-state index >= 15 is 0 Å². The summed E-state index contributed by atoms with van der Waals surface area (Å²) in [7, 11) is 0. The third kappa shape index (κ3) is 3.07.